The minimum Gasteiger partial charge on any atom is -0.497 e. The molecule has 0 saturated heterocycles. The van der Waals surface area contributed by atoms with Gasteiger partial charge < -0.3 is 18.8 Å². The zero-order valence-electron chi connectivity index (χ0n) is 19.9. The van der Waals surface area contributed by atoms with Crippen molar-refractivity contribution in [1.82, 2.24) is 14.7 Å². The summed E-state index contributed by atoms with van der Waals surface area (Å²) in [6.45, 7) is 5.04. The van der Waals surface area contributed by atoms with Crippen molar-refractivity contribution in [2.24, 2.45) is 13.0 Å². The number of amides is 1. The van der Waals surface area contributed by atoms with Gasteiger partial charge in [-0.15, -0.1) is 0 Å². The lowest BCUT2D eigenvalue weighted by Crippen LogP contribution is -2.33. The SMILES string of the molecule is COc1ccc(Oc2c(CN(CC(C)C)C(=O)c3ccco3)c(-c3ccccc3)nn2C)cc1. The van der Waals surface area contributed by atoms with Gasteiger partial charge in [0, 0.05) is 19.2 Å². The summed E-state index contributed by atoms with van der Waals surface area (Å²) in [4.78, 5) is 15.1. The number of benzene rings is 2. The van der Waals surface area contributed by atoms with Crippen molar-refractivity contribution in [1.29, 1.82) is 0 Å². The number of carbonyl (C=O) groups excluding carboxylic acids is 1. The van der Waals surface area contributed by atoms with Crippen LogP contribution in [-0.2, 0) is 13.6 Å². The van der Waals surface area contributed by atoms with E-state index in [4.69, 9.17) is 19.0 Å². The second-order valence-corrected chi connectivity index (χ2v) is 8.46. The Labute approximate surface area is 199 Å². The molecule has 34 heavy (non-hydrogen) atoms. The van der Waals surface area contributed by atoms with Crippen LogP contribution in [0, 0.1) is 5.92 Å². The Morgan fingerprint density at radius 1 is 1.03 bits per heavy atom. The summed E-state index contributed by atoms with van der Waals surface area (Å²) >= 11 is 0. The maximum Gasteiger partial charge on any atom is 0.289 e. The fraction of sp³-hybridized carbons (Fsp3) is 0.259. The molecule has 0 aliphatic heterocycles. The zero-order valence-corrected chi connectivity index (χ0v) is 19.9. The number of hydrogen-bond donors (Lipinski definition) is 0. The van der Waals surface area contributed by atoms with E-state index < -0.39 is 0 Å². The lowest BCUT2D eigenvalue weighted by molar-refractivity contribution is 0.0689. The Balaban J connectivity index is 1.76. The molecule has 176 valence electrons. The summed E-state index contributed by atoms with van der Waals surface area (Å²) in [6, 6.07) is 20.7. The molecule has 2 heterocycles. The smallest absolute Gasteiger partial charge is 0.289 e. The predicted molar refractivity (Wildman–Crippen MR) is 130 cm³/mol. The maximum atomic E-state index is 13.3. The van der Waals surface area contributed by atoms with Crippen LogP contribution in [0.25, 0.3) is 11.3 Å². The minimum absolute atomic E-state index is 0.169. The molecule has 0 spiro atoms. The van der Waals surface area contributed by atoms with Crippen molar-refractivity contribution in [2.45, 2.75) is 20.4 Å². The van der Waals surface area contributed by atoms with Crippen molar-refractivity contribution in [3.63, 3.8) is 0 Å². The molecule has 1 amide bonds. The third-order valence-electron chi connectivity index (χ3n) is 5.36. The van der Waals surface area contributed by atoms with Gasteiger partial charge in [0.15, 0.2) is 5.76 Å². The molecule has 0 saturated carbocycles. The van der Waals surface area contributed by atoms with Gasteiger partial charge in [-0.2, -0.15) is 5.10 Å². The van der Waals surface area contributed by atoms with Crippen LogP contribution in [0.5, 0.6) is 17.4 Å². The van der Waals surface area contributed by atoms with Crippen molar-refractivity contribution in [2.75, 3.05) is 13.7 Å². The number of hydrogen-bond acceptors (Lipinski definition) is 5. The maximum absolute atomic E-state index is 13.3. The highest BCUT2D eigenvalue weighted by atomic mass is 16.5. The summed E-state index contributed by atoms with van der Waals surface area (Å²) in [5, 5.41) is 4.77. The third-order valence-corrected chi connectivity index (χ3v) is 5.36. The van der Waals surface area contributed by atoms with Gasteiger partial charge in [0.2, 0.25) is 5.88 Å². The number of aryl methyl sites for hydroxylation is 1. The van der Waals surface area contributed by atoms with E-state index in [9.17, 15) is 4.79 Å². The largest absolute Gasteiger partial charge is 0.497 e. The molecule has 0 radical (unpaired) electrons. The molecule has 2 aromatic heterocycles. The Kier molecular flexibility index (Phi) is 7.01. The quantitative estimate of drug-likeness (QED) is 0.317. The molecule has 0 aliphatic rings. The van der Waals surface area contributed by atoms with Crippen LogP contribution < -0.4 is 9.47 Å². The number of rotatable bonds is 9. The Bertz CT molecular complexity index is 1210. The number of methoxy groups -OCH3 is 1. The van der Waals surface area contributed by atoms with Gasteiger partial charge in [-0.1, -0.05) is 44.2 Å². The first-order valence-electron chi connectivity index (χ1n) is 11.2. The Morgan fingerprint density at radius 2 is 1.74 bits per heavy atom. The summed E-state index contributed by atoms with van der Waals surface area (Å²) < 4.78 is 18.7. The van der Waals surface area contributed by atoms with E-state index in [0.717, 1.165) is 22.6 Å². The number of aromatic nitrogens is 2. The van der Waals surface area contributed by atoms with Crippen LogP contribution in [0.15, 0.2) is 77.4 Å². The molecular formula is C27H29N3O4. The van der Waals surface area contributed by atoms with E-state index in [-0.39, 0.29) is 11.8 Å². The van der Waals surface area contributed by atoms with Gasteiger partial charge in [0.1, 0.15) is 17.2 Å². The molecule has 7 heteroatoms. The van der Waals surface area contributed by atoms with Crippen LogP contribution in [0.2, 0.25) is 0 Å². The standard InChI is InChI=1S/C27H29N3O4/c1-19(2)17-30(26(31)24-11-8-16-33-24)18-23-25(20-9-6-5-7-10-20)28-29(3)27(23)34-22-14-12-21(32-4)13-15-22/h5-16,19H,17-18H2,1-4H3. The fourth-order valence-corrected chi connectivity index (χ4v) is 3.81. The van der Waals surface area contributed by atoms with E-state index in [1.807, 2.05) is 61.6 Å². The molecule has 4 aromatic rings. The summed E-state index contributed by atoms with van der Waals surface area (Å²) in [7, 11) is 3.47. The topological polar surface area (TPSA) is 69.7 Å². The lowest BCUT2D eigenvalue weighted by atomic mass is 10.1. The molecule has 0 N–H and O–H groups in total. The fourth-order valence-electron chi connectivity index (χ4n) is 3.81. The molecule has 7 nitrogen and oxygen atoms in total. The number of carbonyl (C=O) groups is 1. The second kappa shape index (κ2) is 10.3. The molecule has 0 bridgehead atoms. The third kappa shape index (κ3) is 5.14. The molecule has 0 fully saturated rings. The number of ether oxygens (including phenoxy) is 2. The molecule has 0 unspecified atom stereocenters. The summed E-state index contributed by atoms with van der Waals surface area (Å²) in [5.74, 6) is 2.37. The van der Waals surface area contributed by atoms with E-state index in [1.165, 1.54) is 6.26 Å². The van der Waals surface area contributed by atoms with Crippen LogP contribution in [0.4, 0.5) is 0 Å². The first kappa shape index (κ1) is 23.2. The van der Waals surface area contributed by atoms with Gasteiger partial charge in [-0.05, 0) is 42.3 Å². The normalized spacial score (nSPS) is 11.0. The van der Waals surface area contributed by atoms with Crippen LogP contribution in [-0.4, -0.2) is 34.2 Å². The minimum atomic E-state index is -0.169. The van der Waals surface area contributed by atoms with Gasteiger partial charge in [0.05, 0.1) is 25.5 Å². The van der Waals surface area contributed by atoms with Gasteiger partial charge in [-0.3, -0.25) is 4.79 Å². The molecule has 2 aromatic carbocycles. The summed E-state index contributed by atoms with van der Waals surface area (Å²) in [5.41, 5.74) is 2.55. The van der Waals surface area contributed by atoms with Gasteiger partial charge in [0.25, 0.3) is 5.91 Å². The zero-order chi connectivity index (χ0) is 24.1. The average Bonchev–Trinajstić information content (AvgIpc) is 3.48. The van der Waals surface area contributed by atoms with Crippen molar-refractivity contribution in [3.05, 3.63) is 84.3 Å². The molecule has 0 aliphatic carbocycles. The van der Waals surface area contributed by atoms with Crippen LogP contribution in [0.3, 0.4) is 0 Å². The van der Waals surface area contributed by atoms with Gasteiger partial charge >= 0.3 is 0 Å². The first-order valence-corrected chi connectivity index (χ1v) is 11.2. The van der Waals surface area contributed by atoms with Crippen molar-refractivity contribution in [3.8, 4) is 28.6 Å². The predicted octanol–water partition coefficient (Wildman–Crippen LogP) is 5.78. The number of nitrogens with zero attached hydrogens (tertiary/aromatic N) is 3. The van der Waals surface area contributed by atoms with E-state index in [1.54, 1.807) is 28.8 Å². The molecule has 0 atom stereocenters. The molecule has 4 rings (SSSR count). The van der Waals surface area contributed by atoms with E-state index in [2.05, 4.69) is 13.8 Å². The lowest BCUT2D eigenvalue weighted by Gasteiger charge is -2.24. The van der Waals surface area contributed by atoms with Crippen LogP contribution in [0.1, 0.15) is 30.0 Å². The second-order valence-electron chi connectivity index (χ2n) is 8.46. The van der Waals surface area contributed by atoms with Crippen molar-refractivity contribution < 1.29 is 18.7 Å². The molecular weight excluding hydrogens is 430 g/mol. The Morgan fingerprint density at radius 3 is 2.35 bits per heavy atom. The van der Waals surface area contributed by atoms with Crippen molar-refractivity contribution >= 4 is 5.91 Å². The Hall–Kier alpha value is -4.00. The number of furan rings is 1. The highest BCUT2D eigenvalue weighted by Crippen LogP contribution is 2.35. The monoisotopic (exact) mass is 459 g/mol. The van der Waals surface area contributed by atoms with E-state index >= 15 is 0 Å². The van der Waals surface area contributed by atoms with E-state index in [0.29, 0.717) is 30.5 Å². The van der Waals surface area contributed by atoms with Gasteiger partial charge in [-0.25, -0.2) is 4.68 Å². The summed E-state index contributed by atoms with van der Waals surface area (Å²) in [6.07, 6.45) is 1.51. The average molecular weight is 460 g/mol. The first-order chi connectivity index (χ1) is 16.5. The highest BCUT2D eigenvalue weighted by Gasteiger charge is 2.26. The highest BCUT2D eigenvalue weighted by molar-refractivity contribution is 5.91. The van der Waals surface area contributed by atoms with Crippen LogP contribution >= 0.6 is 0 Å².